The van der Waals surface area contributed by atoms with Crippen molar-refractivity contribution in [2.24, 2.45) is 0 Å². The minimum atomic E-state index is -0.788. The molecule has 92 valence electrons. The zero-order valence-electron chi connectivity index (χ0n) is 10.1. The lowest BCUT2D eigenvalue weighted by atomic mass is 10.0. The van der Waals surface area contributed by atoms with Crippen LogP contribution < -0.4 is 5.32 Å². The van der Waals surface area contributed by atoms with Gasteiger partial charge in [0.15, 0.2) is 0 Å². The predicted octanol–water partition coefficient (Wildman–Crippen LogP) is 1.95. The summed E-state index contributed by atoms with van der Waals surface area (Å²) < 4.78 is 13.4. The van der Waals surface area contributed by atoms with Crippen molar-refractivity contribution in [3.8, 4) is 6.07 Å². The molecular weight excluding hydrogens is 219 g/mol. The van der Waals surface area contributed by atoms with Gasteiger partial charge in [-0.2, -0.15) is 5.26 Å². The van der Waals surface area contributed by atoms with Crippen LogP contribution in [0.2, 0.25) is 0 Å². The molecule has 1 atom stereocenters. The Labute approximate surface area is 101 Å². The van der Waals surface area contributed by atoms with E-state index in [4.69, 9.17) is 5.26 Å². The van der Waals surface area contributed by atoms with Gasteiger partial charge in [0.1, 0.15) is 5.82 Å². The van der Waals surface area contributed by atoms with E-state index in [1.165, 1.54) is 18.2 Å². The van der Waals surface area contributed by atoms with Gasteiger partial charge in [0.05, 0.1) is 17.2 Å². The van der Waals surface area contributed by atoms with Crippen LogP contribution in [0.1, 0.15) is 31.4 Å². The van der Waals surface area contributed by atoms with E-state index in [2.05, 4.69) is 5.32 Å². The van der Waals surface area contributed by atoms with Crippen molar-refractivity contribution in [2.75, 3.05) is 6.54 Å². The van der Waals surface area contributed by atoms with E-state index < -0.39 is 5.60 Å². The van der Waals surface area contributed by atoms with Gasteiger partial charge in [-0.05, 0) is 31.5 Å². The largest absolute Gasteiger partial charge is 0.389 e. The lowest BCUT2D eigenvalue weighted by Crippen LogP contribution is -2.36. The van der Waals surface area contributed by atoms with Crippen molar-refractivity contribution in [3.05, 3.63) is 35.1 Å². The molecule has 1 aromatic carbocycles. The van der Waals surface area contributed by atoms with Crippen LogP contribution in [-0.4, -0.2) is 17.3 Å². The summed E-state index contributed by atoms with van der Waals surface area (Å²) in [4.78, 5) is 0. The summed E-state index contributed by atoms with van der Waals surface area (Å²) in [7, 11) is 0. The number of hydrogen-bond donors (Lipinski definition) is 2. The monoisotopic (exact) mass is 236 g/mol. The molecule has 0 spiro atoms. The second kappa shape index (κ2) is 5.76. The molecule has 1 rings (SSSR count). The predicted molar refractivity (Wildman–Crippen MR) is 63.7 cm³/mol. The minimum Gasteiger partial charge on any atom is -0.389 e. The van der Waals surface area contributed by atoms with Crippen LogP contribution in [0, 0.1) is 17.1 Å². The van der Waals surface area contributed by atoms with E-state index in [1.807, 2.05) is 13.0 Å². The number of nitriles is 1. The maximum Gasteiger partial charge on any atom is 0.127 e. The molecule has 1 unspecified atom stereocenters. The highest BCUT2D eigenvalue weighted by Gasteiger charge is 2.16. The van der Waals surface area contributed by atoms with Gasteiger partial charge in [0.25, 0.3) is 0 Å². The summed E-state index contributed by atoms with van der Waals surface area (Å²) in [6.45, 7) is 4.30. The Morgan fingerprint density at radius 1 is 1.53 bits per heavy atom. The van der Waals surface area contributed by atoms with E-state index in [0.29, 0.717) is 30.6 Å². The average molecular weight is 236 g/mol. The third-order valence-electron chi connectivity index (χ3n) is 2.76. The number of nitrogens with one attached hydrogen (secondary N) is 1. The van der Waals surface area contributed by atoms with Crippen molar-refractivity contribution in [1.82, 2.24) is 5.32 Å². The third-order valence-corrected chi connectivity index (χ3v) is 2.76. The molecule has 0 aromatic heterocycles. The Balaban J connectivity index is 2.61. The molecule has 0 aliphatic rings. The normalized spacial score (nSPS) is 14.1. The third kappa shape index (κ3) is 4.14. The quantitative estimate of drug-likeness (QED) is 0.821. The van der Waals surface area contributed by atoms with Gasteiger partial charge in [-0.1, -0.05) is 6.92 Å². The molecule has 0 aliphatic carbocycles. The van der Waals surface area contributed by atoms with Crippen LogP contribution >= 0.6 is 0 Å². The average Bonchev–Trinajstić information content (AvgIpc) is 2.31. The van der Waals surface area contributed by atoms with Crippen LogP contribution in [0.25, 0.3) is 0 Å². The fourth-order valence-corrected chi connectivity index (χ4v) is 1.37. The molecule has 0 saturated heterocycles. The first-order chi connectivity index (χ1) is 7.98. The second-order valence-electron chi connectivity index (χ2n) is 4.37. The van der Waals surface area contributed by atoms with Crippen molar-refractivity contribution >= 4 is 0 Å². The number of rotatable bonds is 5. The number of nitrogens with zero attached hydrogens (tertiary/aromatic N) is 1. The summed E-state index contributed by atoms with van der Waals surface area (Å²) in [5, 5.41) is 21.5. The van der Waals surface area contributed by atoms with E-state index in [0.717, 1.165) is 0 Å². The van der Waals surface area contributed by atoms with Gasteiger partial charge in [0.2, 0.25) is 0 Å². The Bertz CT molecular complexity index is 424. The minimum absolute atomic E-state index is 0.303. The number of halogens is 1. The number of benzene rings is 1. The van der Waals surface area contributed by atoms with Crippen LogP contribution in [0.15, 0.2) is 18.2 Å². The van der Waals surface area contributed by atoms with Crippen molar-refractivity contribution in [3.63, 3.8) is 0 Å². The van der Waals surface area contributed by atoms with Crippen LogP contribution in [0.5, 0.6) is 0 Å². The molecule has 0 fully saturated rings. The van der Waals surface area contributed by atoms with E-state index in [1.54, 1.807) is 6.92 Å². The molecule has 3 nitrogen and oxygen atoms in total. The zero-order chi connectivity index (χ0) is 12.9. The molecule has 0 bridgehead atoms. The first-order valence-electron chi connectivity index (χ1n) is 5.60. The molecule has 0 heterocycles. The lowest BCUT2D eigenvalue weighted by molar-refractivity contribution is 0.0555. The Morgan fingerprint density at radius 2 is 2.24 bits per heavy atom. The van der Waals surface area contributed by atoms with Gasteiger partial charge in [0, 0.05) is 18.7 Å². The van der Waals surface area contributed by atoms with Crippen LogP contribution in [0.4, 0.5) is 4.39 Å². The van der Waals surface area contributed by atoms with Gasteiger partial charge in [-0.3, -0.25) is 0 Å². The standard InChI is InChI=1S/C13H17FN2O/c1-3-13(2,17)9-16-8-11-6-10(7-15)4-5-12(11)14/h4-6,16-17H,3,8-9H2,1-2H3. The van der Waals surface area contributed by atoms with Crippen molar-refractivity contribution in [1.29, 1.82) is 5.26 Å². The summed E-state index contributed by atoms with van der Waals surface area (Å²) in [5.74, 6) is -0.340. The topological polar surface area (TPSA) is 56.0 Å². The fourth-order valence-electron chi connectivity index (χ4n) is 1.37. The molecular formula is C13H17FN2O. The highest BCUT2D eigenvalue weighted by molar-refractivity contribution is 5.33. The van der Waals surface area contributed by atoms with E-state index in [-0.39, 0.29) is 5.82 Å². The van der Waals surface area contributed by atoms with E-state index >= 15 is 0 Å². The summed E-state index contributed by atoms with van der Waals surface area (Å²) in [5.41, 5.74) is 0.0879. The first-order valence-corrected chi connectivity index (χ1v) is 5.60. The van der Waals surface area contributed by atoms with Crippen molar-refractivity contribution in [2.45, 2.75) is 32.4 Å². The molecule has 1 aromatic rings. The van der Waals surface area contributed by atoms with Gasteiger partial charge >= 0.3 is 0 Å². The Morgan fingerprint density at radius 3 is 2.82 bits per heavy atom. The van der Waals surface area contributed by atoms with Crippen molar-refractivity contribution < 1.29 is 9.50 Å². The molecule has 4 heteroatoms. The molecule has 0 saturated carbocycles. The van der Waals surface area contributed by atoms with Crippen LogP contribution in [-0.2, 0) is 6.54 Å². The molecule has 0 amide bonds. The smallest absolute Gasteiger partial charge is 0.127 e. The van der Waals surface area contributed by atoms with E-state index in [9.17, 15) is 9.50 Å². The molecule has 0 aliphatic heterocycles. The molecule has 2 N–H and O–H groups in total. The number of aliphatic hydroxyl groups is 1. The SMILES string of the molecule is CCC(C)(O)CNCc1cc(C#N)ccc1F. The summed E-state index contributed by atoms with van der Waals surface area (Å²) in [6, 6.07) is 6.22. The maximum absolute atomic E-state index is 13.4. The highest BCUT2D eigenvalue weighted by Crippen LogP contribution is 2.11. The summed E-state index contributed by atoms with van der Waals surface area (Å²) >= 11 is 0. The molecule has 17 heavy (non-hydrogen) atoms. The summed E-state index contributed by atoms with van der Waals surface area (Å²) in [6.07, 6.45) is 0.626. The highest BCUT2D eigenvalue weighted by atomic mass is 19.1. The Hall–Kier alpha value is -1.44. The van der Waals surface area contributed by atoms with Gasteiger partial charge in [-0.15, -0.1) is 0 Å². The van der Waals surface area contributed by atoms with Gasteiger partial charge < -0.3 is 10.4 Å². The molecule has 0 radical (unpaired) electrons. The first kappa shape index (κ1) is 13.6. The Kier molecular flexibility index (Phi) is 4.62. The van der Waals surface area contributed by atoms with Crippen LogP contribution in [0.3, 0.4) is 0 Å². The fraction of sp³-hybridized carbons (Fsp3) is 0.462. The lowest BCUT2D eigenvalue weighted by Gasteiger charge is -2.21. The second-order valence-corrected chi connectivity index (χ2v) is 4.37. The number of hydrogen-bond acceptors (Lipinski definition) is 3. The maximum atomic E-state index is 13.4. The van der Waals surface area contributed by atoms with Gasteiger partial charge in [-0.25, -0.2) is 4.39 Å². The zero-order valence-corrected chi connectivity index (χ0v) is 10.1.